The van der Waals surface area contributed by atoms with E-state index in [4.69, 9.17) is 20.9 Å². The number of sulfonamides is 1. The molecule has 1 N–H and O–H groups in total. The number of carbonyl (C=O) groups excluding carboxylic acids is 1. The number of hydrogen-bond donors (Lipinski definition) is 1. The highest BCUT2D eigenvalue weighted by Crippen LogP contribution is 2.47. The minimum Gasteiger partial charge on any atom is -0.373 e. The van der Waals surface area contributed by atoms with Gasteiger partial charge in [-0.25, -0.2) is 12.8 Å². The fourth-order valence-electron chi connectivity index (χ4n) is 6.31. The van der Waals surface area contributed by atoms with Crippen molar-refractivity contribution in [3.8, 4) is 11.3 Å². The summed E-state index contributed by atoms with van der Waals surface area (Å²) in [6.45, 7) is 3.13. The van der Waals surface area contributed by atoms with Gasteiger partial charge in [-0.15, -0.1) is 0 Å². The summed E-state index contributed by atoms with van der Waals surface area (Å²) in [6.07, 6.45) is 5.13. The van der Waals surface area contributed by atoms with Crippen LogP contribution in [0.4, 0.5) is 10.1 Å². The van der Waals surface area contributed by atoms with E-state index in [1.165, 1.54) is 6.07 Å². The molecule has 1 amide bonds. The summed E-state index contributed by atoms with van der Waals surface area (Å²) in [7, 11) is -3.61. The first-order valence-corrected chi connectivity index (χ1v) is 16.3. The molecule has 218 valence electrons. The highest BCUT2D eigenvalue weighted by molar-refractivity contribution is 7.89. The quantitative estimate of drug-likeness (QED) is 0.327. The number of halogens is 2. The zero-order chi connectivity index (χ0) is 28.9. The average Bonchev–Trinajstić information content (AvgIpc) is 3.36. The van der Waals surface area contributed by atoms with Crippen molar-refractivity contribution in [2.45, 2.75) is 70.1 Å². The second-order valence-corrected chi connectivity index (χ2v) is 13.7. The fourth-order valence-corrected chi connectivity index (χ4v) is 7.13. The number of hydrogen-bond acceptors (Lipinski definition) is 7. The van der Waals surface area contributed by atoms with Gasteiger partial charge in [0.15, 0.2) is 0 Å². The zero-order valence-corrected chi connectivity index (χ0v) is 24.6. The molecule has 1 aromatic heterocycles. The third kappa shape index (κ3) is 6.01. The molecule has 0 unspecified atom stereocenters. The molecule has 11 heteroatoms. The van der Waals surface area contributed by atoms with Crippen molar-refractivity contribution in [2.75, 3.05) is 17.7 Å². The normalized spacial score (nSPS) is 22.0. The van der Waals surface area contributed by atoms with Gasteiger partial charge in [-0.2, -0.15) is 0 Å². The van der Waals surface area contributed by atoms with Gasteiger partial charge in [-0.3, -0.25) is 9.52 Å². The van der Waals surface area contributed by atoms with Gasteiger partial charge < -0.3 is 14.2 Å². The molecular formula is C30H33ClFN3O5S. The van der Waals surface area contributed by atoms with Crippen LogP contribution in [0.15, 0.2) is 40.9 Å². The van der Waals surface area contributed by atoms with Gasteiger partial charge in [0.25, 0.3) is 0 Å². The van der Waals surface area contributed by atoms with E-state index in [2.05, 4.69) is 10.1 Å². The van der Waals surface area contributed by atoms with E-state index in [1.807, 2.05) is 29.8 Å². The van der Waals surface area contributed by atoms with Crippen molar-refractivity contribution in [3.63, 3.8) is 0 Å². The van der Waals surface area contributed by atoms with E-state index in [9.17, 15) is 13.2 Å². The number of carbonyl (C=O) groups is 1. The Bertz CT molecular complexity index is 1570. The molecular weight excluding hydrogens is 569 g/mol. The maximum atomic E-state index is 15.2. The number of nitrogens with zero attached hydrogens (tertiary/aromatic N) is 2. The fraction of sp³-hybridized carbons (Fsp3) is 0.467. The largest absolute Gasteiger partial charge is 0.373 e. The Labute approximate surface area is 244 Å². The van der Waals surface area contributed by atoms with Crippen LogP contribution >= 0.6 is 11.6 Å². The molecule has 41 heavy (non-hydrogen) atoms. The first-order chi connectivity index (χ1) is 19.6. The Morgan fingerprint density at radius 1 is 1.24 bits per heavy atom. The topological polar surface area (TPSA) is 102 Å². The van der Waals surface area contributed by atoms with Crippen LogP contribution in [0.1, 0.15) is 60.5 Å². The first kappa shape index (κ1) is 28.2. The molecule has 3 atom stereocenters. The predicted molar refractivity (Wildman–Crippen MR) is 154 cm³/mol. The van der Waals surface area contributed by atoms with Crippen molar-refractivity contribution >= 4 is 33.2 Å². The number of amides is 1. The van der Waals surface area contributed by atoms with Crippen molar-refractivity contribution in [1.29, 1.82) is 0 Å². The maximum Gasteiger partial charge on any atom is 0.233 e. The van der Waals surface area contributed by atoms with Gasteiger partial charge in [-0.05, 0) is 68.4 Å². The molecule has 0 spiro atoms. The molecule has 2 aliphatic carbocycles. The Kier molecular flexibility index (Phi) is 7.59. The number of anilines is 1. The summed E-state index contributed by atoms with van der Waals surface area (Å²) in [5.41, 5.74) is 4.86. The van der Waals surface area contributed by atoms with Crippen LogP contribution in [0.2, 0.25) is 5.02 Å². The van der Waals surface area contributed by atoms with Crippen LogP contribution in [0, 0.1) is 18.7 Å². The van der Waals surface area contributed by atoms with Gasteiger partial charge >= 0.3 is 0 Å². The van der Waals surface area contributed by atoms with Crippen LogP contribution in [0.3, 0.4) is 0 Å². The lowest BCUT2D eigenvalue weighted by Gasteiger charge is -2.33. The molecule has 6 rings (SSSR count). The van der Waals surface area contributed by atoms with Gasteiger partial charge in [0.1, 0.15) is 17.3 Å². The van der Waals surface area contributed by atoms with E-state index in [1.54, 1.807) is 12.1 Å². The van der Waals surface area contributed by atoms with E-state index >= 15 is 4.39 Å². The lowest BCUT2D eigenvalue weighted by atomic mass is 10.00. The molecule has 2 aromatic carbocycles. The monoisotopic (exact) mass is 601 g/mol. The van der Waals surface area contributed by atoms with Crippen LogP contribution in [-0.4, -0.2) is 44.4 Å². The second-order valence-electron chi connectivity index (χ2n) is 11.6. The number of fused-ring (bicyclic) bond motifs is 2. The lowest BCUT2D eigenvalue weighted by Crippen LogP contribution is -2.39. The molecule has 1 saturated heterocycles. The van der Waals surface area contributed by atoms with Gasteiger partial charge in [0, 0.05) is 42.0 Å². The molecule has 2 bridgehead atoms. The number of ether oxygens (including phenoxy) is 1. The van der Waals surface area contributed by atoms with Crippen molar-refractivity contribution in [2.24, 2.45) is 5.92 Å². The molecule has 3 aliphatic rings. The molecule has 3 fully saturated rings. The minimum absolute atomic E-state index is 0.0360. The number of rotatable bonds is 10. The number of aryl methyl sites for hydroxylation is 2. The number of aromatic nitrogens is 1. The Morgan fingerprint density at radius 2 is 2.05 bits per heavy atom. The van der Waals surface area contributed by atoms with Crippen molar-refractivity contribution in [1.82, 2.24) is 9.88 Å². The Morgan fingerprint density at radius 3 is 2.71 bits per heavy atom. The highest BCUT2D eigenvalue weighted by Gasteiger charge is 2.46. The second kappa shape index (κ2) is 11.0. The van der Waals surface area contributed by atoms with Crippen molar-refractivity contribution in [3.05, 3.63) is 69.7 Å². The van der Waals surface area contributed by atoms with Crippen LogP contribution in [0.5, 0.6) is 0 Å². The third-order valence-electron chi connectivity index (χ3n) is 8.41. The van der Waals surface area contributed by atoms with E-state index in [0.717, 1.165) is 60.1 Å². The smallest absolute Gasteiger partial charge is 0.233 e. The zero-order valence-electron chi connectivity index (χ0n) is 23.0. The van der Waals surface area contributed by atoms with Gasteiger partial charge in [0.05, 0.1) is 29.7 Å². The van der Waals surface area contributed by atoms with E-state index < -0.39 is 15.9 Å². The SMILES string of the molecule is Cc1cccc(Cl)c1-c1noc(C2CC2)c1CO[C@@H]1C[C@@H]2C[C@H]1CN2c1ccc(CCC(=O)NS(C)(=O)=O)cc1F. The lowest BCUT2D eigenvalue weighted by molar-refractivity contribution is -0.119. The highest BCUT2D eigenvalue weighted by atomic mass is 35.5. The van der Waals surface area contributed by atoms with Crippen molar-refractivity contribution < 1.29 is 26.9 Å². The molecule has 2 heterocycles. The Hall–Kier alpha value is -2.95. The molecule has 8 nitrogen and oxygen atoms in total. The number of benzene rings is 2. The van der Waals surface area contributed by atoms with Crippen LogP contribution < -0.4 is 9.62 Å². The summed E-state index contributed by atoms with van der Waals surface area (Å²) in [6, 6.07) is 11.0. The molecule has 1 aliphatic heterocycles. The summed E-state index contributed by atoms with van der Waals surface area (Å²) in [5.74, 6) is 0.625. The average molecular weight is 602 g/mol. The van der Waals surface area contributed by atoms with Gasteiger partial charge in [-0.1, -0.05) is 35.0 Å². The summed E-state index contributed by atoms with van der Waals surface area (Å²) in [5, 5.41) is 5.07. The number of nitrogens with one attached hydrogen (secondary N) is 1. The molecule has 3 aromatic rings. The van der Waals surface area contributed by atoms with E-state index in [0.29, 0.717) is 35.3 Å². The molecule has 2 saturated carbocycles. The van der Waals surface area contributed by atoms with Crippen LogP contribution in [-0.2, 0) is 32.6 Å². The predicted octanol–water partition coefficient (Wildman–Crippen LogP) is 5.51. The minimum atomic E-state index is -3.61. The summed E-state index contributed by atoms with van der Waals surface area (Å²) >= 11 is 6.57. The first-order valence-electron chi connectivity index (χ1n) is 14.0. The number of piperidine rings is 1. The third-order valence-corrected chi connectivity index (χ3v) is 9.32. The standard InChI is InChI=1S/C30H33ClFN3O5S/c1-17-4-3-5-23(31)28(17)29-22(30(40-33-29)19-8-9-19)16-39-26-14-21-13-20(26)15-35(21)25-10-6-18(12-24(25)32)7-11-27(36)34-41(2,37)38/h3-6,10,12,19-21,26H,7-9,11,13-16H2,1-2H3,(H,34,36)/t20-,21-,26+/m0/s1. The molecule has 0 radical (unpaired) electrons. The van der Waals surface area contributed by atoms with E-state index in [-0.39, 0.29) is 36.7 Å². The summed E-state index contributed by atoms with van der Waals surface area (Å²) < 4.78 is 51.8. The van der Waals surface area contributed by atoms with Gasteiger partial charge in [0.2, 0.25) is 15.9 Å². The van der Waals surface area contributed by atoms with Crippen LogP contribution in [0.25, 0.3) is 11.3 Å². The Balaban J connectivity index is 1.10. The summed E-state index contributed by atoms with van der Waals surface area (Å²) in [4.78, 5) is 13.9. The maximum absolute atomic E-state index is 15.2.